The van der Waals surface area contributed by atoms with Gasteiger partial charge in [-0.05, 0) is 6.92 Å². The number of hydrogen-bond acceptors (Lipinski definition) is 3. The predicted molar refractivity (Wildman–Crippen MR) is 53.0 cm³/mol. The van der Waals surface area contributed by atoms with Crippen LogP contribution in [-0.4, -0.2) is 11.6 Å². The molecule has 0 aliphatic carbocycles. The fraction of sp³-hybridized carbons (Fsp3) is 0.333. The number of rotatable bonds is 3. The van der Waals surface area contributed by atoms with E-state index < -0.39 is 5.09 Å². The van der Waals surface area contributed by atoms with Crippen LogP contribution in [0.25, 0.3) is 0 Å². The molecule has 2 N–H and O–H groups in total. The highest BCUT2D eigenvalue weighted by atomic mass is 16.9. The van der Waals surface area contributed by atoms with E-state index in [9.17, 15) is 0 Å². The van der Waals surface area contributed by atoms with Crippen molar-refractivity contribution in [2.75, 3.05) is 6.54 Å². The molecule has 5 heteroatoms. The van der Waals surface area contributed by atoms with Crippen LogP contribution in [0, 0.1) is 15.3 Å². The molecule has 0 atom stereocenters. The molecule has 14 heavy (non-hydrogen) atoms. The van der Waals surface area contributed by atoms with E-state index in [0.717, 1.165) is 13.1 Å². The minimum Gasteiger partial charge on any atom is -0.356 e. The van der Waals surface area contributed by atoms with E-state index in [1.807, 2.05) is 0 Å². The van der Waals surface area contributed by atoms with Crippen molar-refractivity contribution in [3.8, 4) is 0 Å². The molecule has 78 valence electrons. The van der Waals surface area contributed by atoms with Crippen molar-refractivity contribution < 1.29 is 10.4 Å². The fourth-order valence-electron chi connectivity index (χ4n) is 0.925. The molecule has 0 radical (unpaired) electrons. The largest absolute Gasteiger partial charge is 0.356 e. The average Bonchev–Trinajstić information content (AvgIpc) is 2.15. The highest BCUT2D eigenvalue weighted by Crippen LogP contribution is 1.93. The van der Waals surface area contributed by atoms with E-state index in [-0.39, 0.29) is 0 Å². The first-order valence-corrected chi connectivity index (χ1v) is 4.34. The number of nitrogens with two attached hydrogens (primary N) is 1. The minimum atomic E-state index is -1.75. The first-order valence-electron chi connectivity index (χ1n) is 4.34. The average molecular weight is 198 g/mol. The van der Waals surface area contributed by atoms with Gasteiger partial charge in [0.1, 0.15) is 6.54 Å². The Bertz CT molecular complexity index is 247. The second-order valence-corrected chi connectivity index (χ2v) is 2.61. The molecule has 0 saturated carbocycles. The van der Waals surface area contributed by atoms with E-state index in [2.05, 4.69) is 42.6 Å². The normalized spacial score (nSPS) is 8.64. The predicted octanol–water partition coefficient (Wildman–Crippen LogP) is 0.531. The molecule has 1 rings (SSSR count). The van der Waals surface area contributed by atoms with E-state index in [0.29, 0.717) is 0 Å². The Balaban J connectivity index is 0.000000364. The maximum atomic E-state index is 8.25. The lowest BCUT2D eigenvalue weighted by Crippen LogP contribution is -2.81. The molecule has 0 unspecified atom stereocenters. The molecule has 0 spiro atoms. The summed E-state index contributed by atoms with van der Waals surface area (Å²) in [5, 5.41) is 17.0. The molecular weight excluding hydrogens is 184 g/mol. The molecule has 1 aromatic rings. The van der Waals surface area contributed by atoms with Gasteiger partial charge in [0.15, 0.2) is 0 Å². The molecule has 0 aromatic heterocycles. The lowest BCUT2D eigenvalue weighted by atomic mass is 10.2. The molecule has 0 fully saturated rings. The second kappa shape index (κ2) is 8.00. The lowest BCUT2D eigenvalue weighted by Gasteiger charge is -1.96. The number of benzene rings is 1. The van der Waals surface area contributed by atoms with Crippen molar-refractivity contribution in [3.05, 3.63) is 51.2 Å². The van der Waals surface area contributed by atoms with Crippen LogP contribution >= 0.6 is 0 Å². The van der Waals surface area contributed by atoms with Gasteiger partial charge in [0.2, 0.25) is 0 Å². The highest BCUT2D eigenvalue weighted by molar-refractivity contribution is 5.12. The molecule has 0 amide bonds. The van der Waals surface area contributed by atoms with Crippen molar-refractivity contribution in [1.29, 1.82) is 0 Å². The molecule has 0 heterocycles. The van der Waals surface area contributed by atoms with Gasteiger partial charge >= 0.3 is 0 Å². The summed E-state index contributed by atoms with van der Waals surface area (Å²) in [6, 6.07) is 10.5. The third-order valence-corrected chi connectivity index (χ3v) is 1.51. The van der Waals surface area contributed by atoms with E-state index >= 15 is 0 Å². The SMILES string of the molecule is CC[NH2+]Cc1ccccc1.O=[N+]([O-])[O-]. The third-order valence-electron chi connectivity index (χ3n) is 1.51. The maximum absolute atomic E-state index is 8.25. The molecule has 5 nitrogen and oxygen atoms in total. The van der Waals surface area contributed by atoms with Gasteiger partial charge in [0, 0.05) is 5.56 Å². The van der Waals surface area contributed by atoms with Crippen molar-refractivity contribution in [3.63, 3.8) is 0 Å². The van der Waals surface area contributed by atoms with E-state index in [1.165, 1.54) is 5.56 Å². The molecule has 0 aliphatic heterocycles. The van der Waals surface area contributed by atoms with E-state index in [1.54, 1.807) is 0 Å². The van der Waals surface area contributed by atoms with Crippen LogP contribution in [-0.2, 0) is 6.54 Å². The summed E-state index contributed by atoms with van der Waals surface area (Å²) < 4.78 is 0. The highest BCUT2D eigenvalue weighted by Gasteiger charge is 1.89. The standard InChI is InChI=1S/C9H13N.NO3/c1-2-10-8-9-6-4-3-5-7-9;2-1(3)4/h3-7,10H,2,8H2,1H3;/q;-1/p+1. The zero-order chi connectivity index (χ0) is 10.8. The van der Waals surface area contributed by atoms with Crippen molar-refractivity contribution >= 4 is 0 Å². The molecule has 1 aromatic carbocycles. The molecular formula is C9H14N2O3. The molecule has 0 saturated heterocycles. The maximum Gasteiger partial charge on any atom is 0.101 e. The number of nitrogens with zero attached hydrogens (tertiary/aromatic N) is 1. The Morgan fingerprint density at radius 2 is 1.79 bits per heavy atom. The summed E-state index contributed by atoms with van der Waals surface area (Å²) in [4.78, 5) is 8.25. The van der Waals surface area contributed by atoms with Crippen LogP contribution in [0.2, 0.25) is 0 Å². The summed E-state index contributed by atoms with van der Waals surface area (Å²) in [5.74, 6) is 0. The first-order chi connectivity index (χ1) is 6.66. The summed E-state index contributed by atoms with van der Waals surface area (Å²) in [6.45, 7) is 4.44. The van der Waals surface area contributed by atoms with Crippen LogP contribution in [0.15, 0.2) is 30.3 Å². The van der Waals surface area contributed by atoms with Gasteiger partial charge in [0.25, 0.3) is 0 Å². The van der Waals surface area contributed by atoms with Gasteiger partial charge in [-0.3, -0.25) is 0 Å². The van der Waals surface area contributed by atoms with Crippen LogP contribution in [0.4, 0.5) is 0 Å². The number of quaternary nitrogens is 1. The zero-order valence-corrected chi connectivity index (χ0v) is 8.05. The van der Waals surface area contributed by atoms with Crippen molar-refractivity contribution in [2.24, 2.45) is 0 Å². The molecule has 0 aliphatic rings. The van der Waals surface area contributed by atoms with Crippen LogP contribution in [0.3, 0.4) is 0 Å². The van der Waals surface area contributed by atoms with Crippen molar-refractivity contribution in [2.45, 2.75) is 13.5 Å². The third kappa shape index (κ3) is 8.48. The Morgan fingerprint density at radius 3 is 2.21 bits per heavy atom. The molecule has 0 bridgehead atoms. The zero-order valence-electron chi connectivity index (χ0n) is 8.05. The fourth-order valence-corrected chi connectivity index (χ4v) is 0.925. The summed E-state index contributed by atoms with van der Waals surface area (Å²) in [5.41, 5.74) is 1.41. The van der Waals surface area contributed by atoms with Crippen LogP contribution < -0.4 is 5.32 Å². The van der Waals surface area contributed by atoms with Gasteiger partial charge in [-0.25, -0.2) is 0 Å². The summed E-state index contributed by atoms with van der Waals surface area (Å²) in [7, 11) is 0. The Labute approximate surface area is 82.5 Å². The topological polar surface area (TPSA) is 82.8 Å². The van der Waals surface area contributed by atoms with Gasteiger partial charge in [-0.1, -0.05) is 30.3 Å². The van der Waals surface area contributed by atoms with Gasteiger partial charge in [-0.2, -0.15) is 0 Å². The smallest absolute Gasteiger partial charge is 0.101 e. The van der Waals surface area contributed by atoms with Gasteiger partial charge in [-0.15, -0.1) is 0 Å². The van der Waals surface area contributed by atoms with Gasteiger partial charge < -0.3 is 20.6 Å². The second-order valence-electron chi connectivity index (χ2n) is 2.61. The minimum absolute atomic E-state index is 1.11. The Hall–Kier alpha value is -1.62. The lowest BCUT2D eigenvalue weighted by molar-refractivity contribution is -0.667. The summed E-state index contributed by atoms with van der Waals surface area (Å²) in [6.07, 6.45) is 0. The monoisotopic (exact) mass is 198 g/mol. The number of hydrogen-bond donors (Lipinski definition) is 1. The quantitative estimate of drug-likeness (QED) is 0.568. The van der Waals surface area contributed by atoms with Crippen LogP contribution in [0.5, 0.6) is 0 Å². The first kappa shape index (κ1) is 12.4. The Morgan fingerprint density at radius 1 is 1.29 bits per heavy atom. The van der Waals surface area contributed by atoms with Gasteiger partial charge in [0.05, 0.1) is 11.6 Å². The summed E-state index contributed by atoms with van der Waals surface area (Å²) >= 11 is 0. The van der Waals surface area contributed by atoms with Crippen molar-refractivity contribution in [1.82, 2.24) is 0 Å². The Kier molecular flexibility index (Phi) is 7.07. The van der Waals surface area contributed by atoms with E-state index in [4.69, 9.17) is 15.3 Å². The van der Waals surface area contributed by atoms with Crippen LogP contribution in [0.1, 0.15) is 12.5 Å².